The Morgan fingerprint density at radius 3 is 2.21 bits per heavy atom. The van der Waals surface area contributed by atoms with E-state index < -0.39 is 12.1 Å². The lowest BCUT2D eigenvalue weighted by atomic mass is 10.0. The molecule has 2 nitrogen and oxygen atoms in total. The second kappa shape index (κ2) is 6.58. The average molecular weight is 270 g/mol. The Kier molecular flexibility index (Phi) is 5.37. The van der Waals surface area contributed by atoms with Gasteiger partial charge in [-0.3, -0.25) is 0 Å². The van der Waals surface area contributed by atoms with Gasteiger partial charge in [-0.1, -0.05) is 38.1 Å². The molecular formula is C14H17F3N2. The fourth-order valence-electron chi connectivity index (χ4n) is 1.62. The van der Waals surface area contributed by atoms with E-state index in [1.807, 2.05) is 24.3 Å². The minimum atomic E-state index is -4.47. The van der Waals surface area contributed by atoms with Crippen LogP contribution in [0.1, 0.15) is 30.9 Å². The van der Waals surface area contributed by atoms with Gasteiger partial charge >= 0.3 is 6.18 Å². The Morgan fingerprint density at radius 1 is 1.21 bits per heavy atom. The number of nitriles is 1. The lowest BCUT2D eigenvalue weighted by Gasteiger charge is -2.14. The SMILES string of the molecule is CC(C)c1ccc(CNCC(C#N)C(F)(F)F)cc1. The zero-order valence-electron chi connectivity index (χ0n) is 11.0. The topological polar surface area (TPSA) is 35.8 Å². The van der Waals surface area contributed by atoms with E-state index in [9.17, 15) is 13.2 Å². The molecule has 1 rings (SSSR count). The van der Waals surface area contributed by atoms with E-state index in [-0.39, 0.29) is 6.54 Å². The summed E-state index contributed by atoms with van der Waals surface area (Å²) in [6, 6.07) is 8.97. The summed E-state index contributed by atoms with van der Waals surface area (Å²) in [6.45, 7) is 4.10. The van der Waals surface area contributed by atoms with Crippen molar-refractivity contribution < 1.29 is 13.2 Å². The number of alkyl halides is 3. The highest BCUT2D eigenvalue weighted by Gasteiger charge is 2.39. The number of nitrogens with one attached hydrogen (secondary N) is 1. The summed E-state index contributed by atoms with van der Waals surface area (Å²) in [5.74, 6) is -1.53. The highest BCUT2D eigenvalue weighted by molar-refractivity contribution is 5.24. The molecule has 0 saturated carbocycles. The van der Waals surface area contributed by atoms with E-state index in [0.29, 0.717) is 12.5 Å². The summed E-state index contributed by atoms with van der Waals surface area (Å²) in [7, 11) is 0. The quantitative estimate of drug-likeness (QED) is 0.887. The van der Waals surface area contributed by atoms with E-state index in [0.717, 1.165) is 5.56 Å². The van der Waals surface area contributed by atoms with Gasteiger partial charge in [0.15, 0.2) is 5.92 Å². The van der Waals surface area contributed by atoms with Gasteiger partial charge in [0, 0.05) is 13.1 Å². The first kappa shape index (κ1) is 15.5. The minimum Gasteiger partial charge on any atom is -0.311 e. The molecule has 0 aliphatic carbocycles. The molecule has 5 heteroatoms. The van der Waals surface area contributed by atoms with Crippen molar-refractivity contribution in [2.24, 2.45) is 5.92 Å². The van der Waals surface area contributed by atoms with Gasteiger partial charge in [-0.05, 0) is 17.0 Å². The number of benzene rings is 1. The third-order valence-corrected chi connectivity index (χ3v) is 2.87. The third-order valence-electron chi connectivity index (χ3n) is 2.87. The molecular weight excluding hydrogens is 253 g/mol. The molecule has 0 saturated heterocycles. The highest BCUT2D eigenvalue weighted by Crippen LogP contribution is 2.25. The van der Waals surface area contributed by atoms with Crippen LogP contribution in [-0.4, -0.2) is 12.7 Å². The first-order valence-electron chi connectivity index (χ1n) is 6.10. The van der Waals surface area contributed by atoms with E-state index in [1.165, 1.54) is 11.6 Å². The number of halogens is 3. The van der Waals surface area contributed by atoms with Crippen molar-refractivity contribution in [3.63, 3.8) is 0 Å². The maximum absolute atomic E-state index is 12.3. The van der Waals surface area contributed by atoms with Crippen molar-refractivity contribution in [3.8, 4) is 6.07 Å². The third kappa shape index (κ3) is 4.92. The first-order valence-corrected chi connectivity index (χ1v) is 6.10. The Hall–Kier alpha value is -1.54. The Balaban J connectivity index is 2.47. The predicted molar refractivity (Wildman–Crippen MR) is 67.4 cm³/mol. The number of nitrogens with zero attached hydrogens (tertiary/aromatic N) is 1. The van der Waals surface area contributed by atoms with Crippen LogP contribution in [0.15, 0.2) is 24.3 Å². The predicted octanol–water partition coefficient (Wildman–Crippen LogP) is 3.60. The normalized spacial score (nSPS) is 13.3. The summed E-state index contributed by atoms with van der Waals surface area (Å²) in [6.07, 6.45) is -4.47. The van der Waals surface area contributed by atoms with Crippen molar-refractivity contribution in [2.45, 2.75) is 32.5 Å². The number of hydrogen-bond donors (Lipinski definition) is 1. The van der Waals surface area contributed by atoms with Crippen LogP contribution < -0.4 is 5.32 Å². The van der Waals surface area contributed by atoms with Crippen molar-refractivity contribution in [1.29, 1.82) is 5.26 Å². The Labute approximate surface area is 111 Å². The second-order valence-corrected chi connectivity index (χ2v) is 4.75. The Bertz CT molecular complexity index is 429. The van der Waals surface area contributed by atoms with Crippen LogP contribution in [0, 0.1) is 17.2 Å². The molecule has 0 heterocycles. The molecule has 0 bridgehead atoms. The maximum Gasteiger partial charge on any atom is 0.405 e. The van der Waals surface area contributed by atoms with Gasteiger partial charge in [0.1, 0.15) is 0 Å². The van der Waals surface area contributed by atoms with Gasteiger partial charge in [-0.15, -0.1) is 0 Å². The molecule has 1 unspecified atom stereocenters. The zero-order chi connectivity index (χ0) is 14.5. The molecule has 0 amide bonds. The molecule has 0 aliphatic heterocycles. The summed E-state index contributed by atoms with van der Waals surface area (Å²) in [5.41, 5.74) is 2.09. The van der Waals surface area contributed by atoms with Crippen molar-refractivity contribution in [3.05, 3.63) is 35.4 Å². The molecule has 1 N–H and O–H groups in total. The van der Waals surface area contributed by atoms with Crippen molar-refractivity contribution in [2.75, 3.05) is 6.54 Å². The van der Waals surface area contributed by atoms with Crippen LogP contribution in [0.5, 0.6) is 0 Å². The molecule has 0 spiro atoms. The van der Waals surface area contributed by atoms with Gasteiger partial charge in [0.05, 0.1) is 6.07 Å². The molecule has 1 atom stereocenters. The molecule has 1 aromatic rings. The van der Waals surface area contributed by atoms with E-state index in [4.69, 9.17) is 5.26 Å². The van der Waals surface area contributed by atoms with Gasteiger partial charge in [0.2, 0.25) is 0 Å². The lowest BCUT2D eigenvalue weighted by molar-refractivity contribution is -0.157. The zero-order valence-corrected chi connectivity index (χ0v) is 11.0. The molecule has 0 aliphatic rings. The summed E-state index contributed by atoms with van der Waals surface area (Å²) in [5, 5.41) is 11.1. The van der Waals surface area contributed by atoms with Crippen molar-refractivity contribution in [1.82, 2.24) is 5.32 Å². The van der Waals surface area contributed by atoms with Gasteiger partial charge in [0.25, 0.3) is 0 Å². The molecule has 0 fully saturated rings. The van der Waals surface area contributed by atoms with Gasteiger partial charge in [-0.2, -0.15) is 18.4 Å². The minimum absolute atomic E-state index is 0.326. The van der Waals surface area contributed by atoms with Gasteiger partial charge < -0.3 is 5.32 Å². The monoisotopic (exact) mass is 270 g/mol. The standard InChI is InChI=1S/C14H17F3N2/c1-10(2)12-5-3-11(4-6-12)8-19-9-13(7-18)14(15,16)17/h3-6,10,13,19H,8-9H2,1-2H3. The van der Waals surface area contributed by atoms with E-state index in [1.54, 1.807) is 0 Å². The Morgan fingerprint density at radius 2 is 1.79 bits per heavy atom. The molecule has 0 radical (unpaired) electrons. The largest absolute Gasteiger partial charge is 0.405 e. The van der Waals surface area contributed by atoms with Crippen molar-refractivity contribution >= 4 is 0 Å². The molecule has 1 aromatic carbocycles. The van der Waals surface area contributed by atoms with Crippen LogP contribution in [0.2, 0.25) is 0 Å². The maximum atomic E-state index is 12.3. The summed E-state index contributed by atoms with van der Waals surface area (Å²) in [4.78, 5) is 0. The van der Waals surface area contributed by atoms with E-state index >= 15 is 0 Å². The van der Waals surface area contributed by atoms with E-state index in [2.05, 4.69) is 19.2 Å². The van der Waals surface area contributed by atoms with Crippen LogP contribution in [0.25, 0.3) is 0 Å². The smallest absolute Gasteiger partial charge is 0.311 e. The molecule has 104 valence electrons. The fraction of sp³-hybridized carbons (Fsp3) is 0.500. The number of hydrogen-bond acceptors (Lipinski definition) is 2. The number of rotatable bonds is 5. The fourth-order valence-corrected chi connectivity index (χ4v) is 1.62. The summed E-state index contributed by atoms with van der Waals surface area (Å²) >= 11 is 0. The highest BCUT2D eigenvalue weighted by atomic mass is 19.4. The van der Waals surface area contributed by atoms with Crippen LogP contribution in [-0.2, 0) is 6.54 Å². The summed E-state index contributed by atoms with van der Waals surface area (Å²) < 4.78 is 37.0. The molecule has 0 aromatic heterocycles. The average Bonchev–Trinajstić information content (AvgIpc) is 2.33. The van der Waals surface area contributed by atoms with Crippen LogP contribution in [0.3, 0.4) is 0 Å². The van der Waals surface area contributed by atoms with Crippen LogP contribution >= 0.6 is 0 Å². The second-order valence-electron chi connectivity index (χ2n) is 4.75. The van der Waals surface area contributed by atoms with Gasteiger partial charge in [-0.25, -0.2) is 0 Å². The van der Waals surface area contributed by atoms with Crippen LogP contribution in [0.4, 0.5) is 13.2 Å². The first-order chi connectivity index (χ1) is 8.84. The molecule has 19 heavy (non-hydrogen) atoms. The lowest BCUT2D eigenvalue weighted by Crippen LogP contribution is -2.32.